The van der Waals surface area contributed by atoms with Crippen LogP contribution >= 0.6 is 11.3 Å². The molecule has 0 spiro atoms. The summed E-state index contributed by atoms with van der Waals surface area (Å²) in [4.78, 5) is 16.8. The van der Waals surface area contributed by atoms with Crippen molar-refractivity contribution in [3.8, 4) is 0 Å². The number of aliphatic hydroxyl groups excluding tert-OH is 1. The highest BCUT2D eigenvalue weighted by Gasteiger charge is 2.10. The highest BCUT2D eigenvalue weighted by molar-refractivity contribution is 7.11. The van der Waals surface area contributed by atoms with Crippen molar-refractivity contribution in [3.05, 3.63) is 16.1 Å². The van der Waals surface area contributed by atoms with Crippen molar-refractivity contribution in [2.24, 2.45) is 0 Å². The molecule has 96 valence electrons. The molecule has 0 aliphatic rings. The zero-order chi connectivity index (χ0) is 12.7. The summed E-state index contributed by atoms with van der Waals surface area (Å²) in [5.41, 5.74) is 0.803. The van der Waals surface area contributed by atoms with Gasteiger partial charge in [0.25, 0.3) is 0 Å². The minimum atomic E-state index is -0.966. The van der Waals surface area contributed by atoms with Crippen molar-refractivity contribution in [2.75, 3.05) is 20.2 Å². The Balaban J connectivity index is 2.29. The van der Waals surface area contributed by atoms with Gasteiger partial charge in [-0.2, -0.15) is 0 Å². The lowest BCUT2D eigenvalue weighted by molar-refractivity contribution is 0.0696. The van der Waals surface area contributed by atoms with Gasteiger partial charge < -0.3 is 15.1 Å². The smallest absolute Gasteiger partial charge is 0.365 e. The summed E-state index contributed by atoms with van der Waals surface area (Å²) in [5, 5.41) is 19.3. The Morgan fingerprint density at radius 2 is 2.24 bits per heavy atom. The SMILES string of the molecule is CN(CCCCCO)Cc1csc(C(=O)O)n1. The fourth-order valence-corrected chi connectivity index (χ4v) is 2.15. The number of hydrogen-bond acceptors (Lipinski definition) is 5. The van der Waals surface area contributed by atoms with Gasteiger partial charge in [-0.25, -0.2) is 9.78 Å². The lowest BCUT2D eigenvalue weighted by atomic mass is 10.2. The molecule has 2 N–H and O–H groups in total. The zero-order valence-electron chi connectivity index (χ0n) is 9.93. The second-order valence-corrected chi connectivity index (χ2v) is 4.83. The van der Waals surface area contributed by atoms with E-state index in [0.29, 0.717) is 6.54 Å². The van der Waals surface area contributed by atoms with E-state index in [-0.39, 0.29) is 11.6 Å². The summed E-state index contributed by atoms with van der Waals surface area (Å²) in [7, 11) is 1.98. The van der Waals surface area contributed by atoms with E-state index < -0.39 is 5.97 Å². The number of aliphatic hydroxyl groups is 1. The molecule has 0 saturated carbocycles. The normalized spacial score (nSPS) is 11.0. The minimum Gasteiger partial charge on any atom is -0.476 e. The van der Waals surface area contributed by atoms with Gasteiger partial charge in [0.2, 0.25) is 5.01 Å². The van der Waals surface area contributed by atoms with Crippen LogP contribution in [0.15, 0.2) is 5.38 Å². The summed E-state index contributed by atoms with van der Waals surface area (Å²) in [6.45, 7) is 1.85. The average molecular weight is 258 g/mol. The summed E-state index contributed by atoms with van der Waals surface area (Å²) >= 11 is 1.16. The molecule has 5 nitrogen and oxygen atoms in total. The van der Waals surface area contributed by atoms with Gasteiger partial charge >= 0.3 is 5.97 Å². The molecule has 0 unspecified atom stereocenters. The second-order valence-electron chi connectivity index (χ2n) is 3.97. The molecule has 1 rings (SSSR count). The van der Waals surface area contributed by atoms with Gasteiger partial charge in [0, 0.05) is 18.5 Å². The molecule has 0 aliphatic heterocycles. The van der Waals surface area contributed by atoms with Crippen molar-refractivity contribution >= 4 is 17.3 Å². The van der Waals surface area contributed by atoms with Crippen molar-refractivity contribution in [1.29, 1.82) is 0 Å². The molecule has 0 radical (unpaired) electrons. The topological polar surface area (TPSA) is 73.7 Å². The lowest BCUT2D eigenvalue weighted by Gasteiger charge is -2.14. The first-order valence-electron chi connectivity index (χ1n) is 5.60. The van der Waals surface area contributed by atoms with Gasteiger partial charge in [0.1, 0.15) is 0 Å². The quantitative estimate of drug-likeness (QED) is 0.690. The van der Waals surface area contributed by atoms with Crippen LogP contribution in [0, 0.1) is 0 Å². The maximum Gasteiger partial charge on any atom is 0.365 e. The van der Waals surface area contributed by atoms with E-state index in [1.54, 1.807) is 5.38 Å². The Kier molecular flexibility index (Phi) is 6.10. The van der Waals surface area contributed by atoms with Gasteiger partial charge in [-0.05, 0) is 32.9 Å². The molecular formula is C11H18N2O3S. The number of aromatic nitrogens is 1. The molecule has 0 bridgehead atoms. The maximum absolute atomic E-state index is 10.7. The van der Waals surface area contributed by atoms with Crippen LogP contribution in [0.2, 0.25) is 0 Å². The summed E-state index contributed by atoms with van der Waals surface area (Å²) in [6.07, 6.45) is 2.89. The van der Waals surface area contributed by atoms with Crippen LogP contribution in [-0.4, -0.2) is 46.3 Å². The highest BCUT2D eigenvalue weighted by Crippen LogP contribution is 2.11. The molecule has 0 aromatic carbocycles. The maximum atomic E-state index is 10.7. The van der Waals surface area contributed by atoms with Crippen LogP contribution in [0.25, 0.3) is 0 Å². The number of unbranched alkanes of at least 4 members (excludes halogenated alkanes) is 2. The van der Waals surface area contributed by atoms with Gasteiger partial charge in [-0.3, -0.25) is 0 Å². The van der Waals surface area contributed by atoms with Crippen LogP contribution in [0.3, 0.4) is 0 Å². The highest BCUT2D eigenvalue weighted by atomic mass is 32.1. The molecule has 1 aromatic heterocycles. The van der Waals surface area contributed by atoms with Crippen molar-refractivity contribution in [3.63, 3.8) is 0 Å². The minimum absolute atomic E-state index is 0.147. The van der Waals surface area contributed by atoms with Crippen LogP contribution in [0.1, 0.15) is 34.8 Å². The fourth-order valence-electron chi connectivity index (χ4n) is 1.50. The van der Waals surface area contributed by atoms with E-state index in [1.807, 2.05) is 7.05 Å². The largest absolute Gasteiger partial charge is 0.476 e. The van der Waals surface area contributed by atoms with Crippen LogP contribution in [-0.2, 0) is 6.54 Å². The van der Waals surface area contributed by atoms with E-state index in [9.17, 15) is 4.79 Å². The number of carbonyl (C=O) groups is 1. The van der Waals surface area contributed by atoms with E-state index in [4.69, 9.17) is 10.2 Å². The Morgan fingerprint density at radius 3 is 2.82 bits per heavy atom. The fraction of sp³-hybridized carbons (Fsp3) is 0.636. The molecule has 0 amide bonds. The standard InChI is InChI=1S/C11H18N2O3S/c1-13(5-3-2-4-6-14)7-9-8-17-10(12-9)11(15)16/h8,14H,2-7H2,1H3,(H,15,16). The Hall–Kier alpha value is -0.980. The Labute approximate surface area is 105 Å². The van der Waals surface area contributed by atoms with Crippen molar-refractivity contribution < 1.29 is 15.0 Å². The molecule has 1 aromatic rings. The lowest BCUT2D eigenvalue weighted by Crippen LogP contribution is -2.19. The molecule has 17 heavy (non-hydrogen) atoms. The monoisotopic (exact) mass is 258 g/mol. The van der Waals surface area contributed by atoms with Crippen molar-refractivity contribution in [2.45, 2.75) is 25.8 Å². The Morgan fingerprint density at radius 1 is 1.47 bits per heavy atom. The predicted octanol–water partition coefficient (Wildman–Crippen LogP) is 1.44. The molecule has 0 saturated heterocycles. The number of aromatic carboxylic acids is 1. The summed E-state index contributed by atoms with van der Waals surface area (Å²) in [5.74, 6) is -0.966. The molecule has 1 heterocycles. The molecule has 6 heteroatoms. The summed E-state index contributed by atoms with van der Waals surface area (Å²) in [6, 6.07) is 0. The summed E-state index contributed by atoms with van der Waals surface area (Å²) < 4.78 is 0. The van der Waals surface area contributed by atoms with Gasteiger partial charge in [-0.15, -0.1) is 11.3 Å². The van der Waals surface area contributed by atoms with Gasteiger partial charge in [0.15, 0.2) is 0 Å². The third-order valence-corrected chi connectivity index (χ3v) is 3.24. The number of carboxylic acid groups (broad SMARTS) is 1. The average Bonchev–Trinajstić information content (AvgIpc) is 2.73. The molecule has 0 aliphatic carbocycles. The van der Waals surface area contributed by atoms with E-state index >= 15 is 0 Å². The first kappa shape index (κ1) is 14.1. The number of rotatable bonds is 8. The number of thiazole rings is 1. The molecule has 0 atom stereocenters. The zero-order valence-corrected chi connectivity index (χ0v) is 10.7. The van der Waals surface area contributed by atoms with Crippen LogP contribution < -0.4 is 0 Å². The number of hydrogen-bond donors (Lipinski definition) is 2. The van der Waals surface area contributed by atoms with E-state index in [0.717, 1.165) is 42.8 Å². The van der Waals surface area contributed by atoms with Crippen molar-refractivity contribution in [1.82, 2.24) is 9.88 Å². The van der Waals surface area contributed by atoms with Gasteiger partial charge in [-0.1, -0.05) is 0 Å². The predicted molar refractivity (Wildman–Crippen MR) is 66.3 cm³/mol. The Bertz CT molecular complexity index is 354. The number of carboxylic acids is 1. The number of nitrogens with zero attached hydrogens (tertiary/aromatic N) is 2. The van der Waals surface area contributed by atoms with Gasteiger partial charge in [0.05, 0.1) is 5.69 Å². The second kappa shape index (κ2) is 7.37. The van der Waals surface area contributed by atoms with Crippen LogP contribution in [0.5, 0.6) is 0 Å². The molecule has 0 fully saturated rings. The van der Waals surface area contributed by atoms with Crippen LogP contribution in [0.4, 0.5) is 0 Å². The first-order valence-corrected chi connectivity index (χ1v) is 6.48. The van der Waals surface area contributed by atoms with E-state index in [1.165, 1.54) is 0 Å². The first-order chi connectivity index (χ1) is 8.13. The van der Waals surface area contributed by atoms with E-state index in [2.05, 4.69) is 9.88 Å². The third-order valence-electron chi connectivity index (χ3n) is 2.36. The third kappa shape index (κ3) is 5.25. The molecular weight excluding hydrogens is 240 g/mol.